The zero-order valence-electron chi connectivity index (χ0n) is 4.82. The van der Waals surface area contributed by atoms with E-state index in [-0.39, 0.29) is 64.4 Å². The standard InChI is InChI=1S/C4H6F2N.K/c5-4(6)1-2-7-3-4;/h1-3H2;/q-1;+1. The fraction of sp³-hybridized carbons (Fsp3) is 1.00. The summed E-state index contributed by atoms with van der Waals surface area (Å²) in [5, 5.41) is 3.49. The Hall–Kier alpha value is 1.46. The molecule has 0 N–H and O–H groups in total. The van der Waals surface area contributed by atoms with E-state index in [2.05, 4.69) is 5.32 Å². The van der Waals surface area contributed by atoms with Gasteiger partial charge in [0.25, 0.3) is 0 Å². The van der Waals surface area contributed by atoms with Crippen LogP contribution in [0.2, 0.25) is 0 Å². The van der Waals surface area contributed by atoms with Gasteiger partial charge < -0.3 is 5.32 Å². The Morgan fingerprint density at radius 3 is 2.12 bits per heavy atom. The van der Waals surface area contributed by atoms with Crippen molar-refractivity contribution in [2.75, 3.05) is 13.1 Å². The van der Waals surface area contributed by atoms with E-state index >= 15 is 0 Å². The third kappa shape index (κ3) is 2.84. The minimum Gasteiger partial charge on any atom is -0.657 e. The topological polar surface area (TPSA) is 14.1 Å². The number of rotatable bonds is 0. The minimum atomic E-state index is -2.47. The molecule has 0 aromatic heterocycles. The van der Waals surface area contributed by atoms with Crippen LogP contribution in [0.1, 0.15) is 6.42 Å². The second-order valence-electron chi connectivity index (χ2n) is 1.71. The van der Waals surface area contributed by atoms with Gasteiger partial charge in [-0.1, -0.05) is 6.54 Å². The summed E-state index contributed by atoms with van der Waals surface area (Å²) in [6.45, 7) is 0.0833. The van der Waals surface area contributed by atoms with Crippen LogP contribution in [0.15, 0.2) is 0 Å². The fourth-order valence-corrected chi connectivity index (χ4v) is 0.564. The van der Waals surface area contributed by atoms with E-state index in [1.54, 1.807) is 0 Å². The van der Waals surface area contributed by atoms with E-state index in [1.165, 1.54) is 0 Å². The van der Waals surface area contributed by atoms with Crippen molar-refractivity contribution in [1.82, 2.24) is 0 Å². The first-order chi connectivity index (χ1) is 3.21. The number of hydrogen-bond acceptors (Lipinski definition) is 0. The molecule has 8 heavy (non-hydrogen) atoms. The molecule has 42 valence electrons. The van der Waals surface area contributed by atoms with Crippen molar-refractivity contribution in [2.45, 2.75) is 12.3 Å². The second-order valence-corrected chi connectivity index (χ2v) is 1.71. The van der Waals surface area contributed by atoms with Gasteiger partial charge in [-0.05, 0) is 6.42 Å². The Morgan fingerprint density at radius 2 is 2.00 bits per heavy atom. The summed E-state index contributed by atoms with van der Waals surface area (Å²) >= 11 is 0. The molecule has 1 saturated heterocycles. The molecule has 4 heteroatoms. The summed E-state index contributed by atoms with van der Waals surface area (Å²) in [7, 11) is 0. The zero-order chi connectivity index (χ0) is 5.33. The van der Waals surface area contributed by atoms with Gasteiger partial charge in [0.2, 0.25) is 5.92 Å². The van der Waals surface area contributed by atoms with Gasteiger partial charge in [-0.2, -0.15) is 0 Å². The third-order valence-corrected chi connectivity index (χ3v) is 0.979. The van der Waals surface area contributed by atoms with E-state index < -0.39 is 5.92 Å². The third-order valence-electron chi connectivity index (χ3n) is 0.979. The summed E-state index contributed by atoms with van der Waals surface area (Å²) in [5.74, 6) is -2.47. The van der Waals surface area contributed by atoms with E-state index in [9.17, 15) is 8.78 Å². The van der Waals surface area contributed by atoms with Crippen molar-refractivity contribution in [3.8, 4) is 0 Å². The van der Waals surface area contributed by atoms with Gasteiger partial charge >= 0.3 is 51.4 Å². The molecule has 1 rings (SSSR count). The van der Waals surface area contributed by atoms with Crippen LogP contribution in [0.25, 0.3) is 5.32 Å². The van der Waals surface area contributed by atoms with Crippen molar-refractivity contribution in [1.29, 1.82) is 0 Å². The first kappa shape index (κ1) is 9.46. The van der Waals surface area contributed by atoms with Crippen LogP contribution in [0.4, 0.5) is 8.78 Å². The van der Waals surface area contributed by atoms with Crippen LogP contribution in [0.3, 0.4) is 0 Å². The Labute approximate surface area is 89.6 Å². The summed E-state index contributed by atoms with van der Waals surface area (Å²) in [4.78, 5) is 0. The van der Waals surface area contributed by atoms with Crippen molar-refractivity contribution in [3.63, 3.8) is 0 Å². The number of halogens is 2. The Balaban J connectivity index is 0.000000490. The molecule has 0 aromatic rings. The molecule has 0 spiro atoms. The predicted octanol–water partition coefficient (Wildman–Crippen LogP) is -1.60. The molecule has 0 aliphatic carbocycles. The largest absolute Gasteiger partial charge is 1.00 e. The molecular formula is C4H6F2KN. The van der Waals surface area contributed by atoms with Crippen LogP contribution in [0, 0.1) is 0 Å². The van der Waals surface area contributed by atoms with Gasteiger partial charge in [-0.25, -0.2) is 8.78 Å². The van der Waals surface area contributed by atoms with E-state index in [1.807, 2.05) is 0 Å². The number of nitrogens with zero attached hydrogens (tertiary/aromatic N) is 1. The van der Waals surface area contributed by atoms with Crippen LogP contribution in [-0.4, -0.2) is 19.0 Å². The normalized spacial score (nSPS) is 24.8. The Morgan fingerprint density at radius 1 is 1.38 bits per heavy atom. The van der Waals surface area contributed by atoms with Crippen molar-refractivity contribution >= 4 is 0 Å². The van der Waals surface area contributed by atoms with Crippen LogP contribution >= 0.6 is 0 Å². The molecule has 1 aliphatic heterocycles. The molecule has 0 radical (unpaired) electrons. The maximum atomic E-state index is 11.9. The molecular weight excluding hydrogens is 139 g/mol. The molecule has 1 heterocycles. The number of hydrogen-bond donors (Lipinski definition) is 0. The molecule has 1 fully saturated rings. The predicted molar refractivity (Wildman–Crippen MR) is 22.7 cm³/mol. The molecule has 1 nitrogen and oxygen atoms in total. The van der Waals surface area contributed by atoms with Crippen LogP contribution in [0.5, 0.6) is 0 Å². The smallest absolute Gasteiger partial charge is 0.657 e. The quantitative estimate of drug-likeness (QED) is 0.365. The van der Waals surface area contributed by atoms with Gasteiger partial charge in [0, 0.05) is 0 Å². The average Bonchev–Trinajstić information content (AvgIpc) is 1.84. The maximum Gasteiger partial charge on any atom is 1.00 e. The molecule has 0 atom stereocenters. The van der Waals surface area contributed by atoms with E-state index in [0.29, 0.717) is 6.54 Å². The Bertz CT molecular complexity index is 68.4. The van der Waals surface area contributed by atoms with Gasteiger partial charge in [-0.3, -0.25) is 0 Å². The van der Waals surface area contributed by atoms with Crippen molar-refractivity contribution in [3.05, 3.63) is 5.32 Å². The minimum absolute atomic E-state index is 0. The van der Waals surface area contributed by atoms with Gasteiger partial charge in [0.1, 0.15) is 0 Å². The van der Waals surface area contributed by atoms with Crippen LogP contribution in [-0.2, 0) is 0 Å². The van der Waals surface area contributed by atoms with Gasteiger partial charge in [-0.15, -0.1) is 6.54 Å². The van der Waals surface area contributed by atoms with Gasteiger partial charge in [0.15, 0.2) is 0 Å². The summed E-state index contributed by atoms with van der Waals surface area (Å²) in [6, 6.07) is 0. The van der Waals surface area contributed by atoms with Crippen molar-refractivity contribution < 1.29 is 60.2 Å². The summed E-state index contributed by atoms with van der Waals surface area (Å²) in [6.07, 6.45) is -0.0486. The van der Waals surface area contributed by atoms with E-state index in [4.69, 9.17) is 0 Å². The summed E-state index contributed by atoms with van der Waals surface area (Å²) in [5.41, 5.74) is 0. The average molecular weight is 145 g/mol. The first-order valence-electron chi connectivity index (χ1n) is 2.22. The maximum absolute atomic E-state index is 11.9. The SMILES string of the molecule is FC1(F)CC[N-]C1.[K+]. The molecule has 0 aromatic carbocycles. The summed E-state index contributed by atoms with van der Waals surface area (Å²) < 4.78 is 23.7. The van der Waals surface area contributed by atoms with Crippen LogP contribution < -0.4 is 51.4 Å². The van der Waals surface area contributed by atoms with Crippen molar-refractivity contribution in [2.24, 2.45) is 0 Å². The first-order valence-corrected chi connectivity index (χ1v) is 2.22. The monoisotopic (exact) mass is 145 g/mol. The molecule has 1 aliphatic rings. The molecule has 0 saturated carbocycles. The molecule has 0 bridgehead atoms. The fourth-order valence-electron chi connectivity index (χ4n) is 0.564. The van der Waals surface area contributed by atoms with Gasteiger partial charge in [0.05, 0.1) is 0 Å². The Kier molecular flexibility index (Phi) is 4.23. The molecule has 0 unspecified atom stereocenters. The number of alkyl halides is 2. The zero-order valence-corrected chi connectivity index (χ0v) is 7.95. The van der Waals surface area contributed by atoms with E-state index in [0.717, 1.165) is 0 Å². The molecule has 0 amide bonds. The second kappa shape index (κ2) is 3.58.